The maximum atomic E-state index is 12.0. The summed E-state index contributed by atoms with van der Waals surface area (Å²) in [7, 11) is 3.58. The van der Waals surface area contributed by atoms with Gasteiger partial charge in [0.15, 0.2) is 0 Å². The van der Waals surface area contributed by atoms with Gasteiger partial charge in [-0.05, 0) is 31.6 Å². The average molecular weight is 369 g/mol. The molecule has 6 nitrogen and oxygen atoms in total. The highest BCUT2D eigenvalue weighted by atomic mass is 16.5. The van der Waals surface area contributed by atoms with E-state index in [2.05, 4.69) is 4.90 Å². The van der Waals surface area contributed by atoms with Crippen molar-refractivity contribution in [2.24, 2.45) is 5.92 Å². The molecule has 150 valence electrons. The molecule has 1 N–H and O–H groups in total. The molecule has 3 aliphatic rings. The minimum atomic E-state index is -0.424. The third-order valence-corrected chi connectivity index (χ3v) is 6.21. The molecule has 26 heavy (non-hydrogen) atoms. The third-order valence-electron chi connectivity index (χ3n) is 6.21. The topological polar surface area (TPSA) is 62.2 Å². The number of aliphatic hydroxyl groups excluding tert-OH is 1. The van der Waals surface area contributed by atoms with Gasteiger partial charge in [-0.1, -0.05) is 19.3 Å². The lowest BCUT2D eigenvalue weighted by Crippen LogP contribution is -2.56. The van der Waals surface area contributed by atoms with Crippen molar-refractivity contribution in [3.8, 4) is 0 Å². The van der Waals surface area contributed by atoms with Crippen molar-refractivity contribution in [3.05, 3.63) is 0 Å². The van der Waals surface area contributed by atoms with Crippen LogP contribution in [0.25, 0.3) is 0 Å². The van der Waals surface area contributed by atoms with E-state index in [9.17, 15) is 9.90 Å². The molecule has 0 aromatic carbocycles. The maximum Gasteiger partial charge on any atom is 0.224 e. The first-order valence-corrected chi connectivity index (χ1v) is 10.4. The standard InChI is InChI=1S/C20H36N2O4/c1-21(2)20(24)10-17-8-9-18-19(26-17)14-25-13-16(23)12-22(18)11-15-6-4-3-5-7-15/h15-19,23H,3-14H2,1-2H3/t16-,17+,18-,19+/m1/s1. The molecule has 0 aromatic rings. The van der Waals surface area contributed by atoms with Crippen molar-refractivity contribution in [2.45, 2.75) is 75.7 Å². The molecule has 1 amide bonds. The summed E-state index contributed by atoms with van der Waals surface area (Å²) in [5, 5.41) is 10.3. The van der Waals surface area contributed by atoms with Gasteiger partial charge in [0.25, 0.3) is 0 Å². The van der Waals surface area contributed by atoms with E-state index in [1.165, 1.54) is 32.1 Å². The Morgan fingerprint density at radius 3 is 2.62 bits per heavy atom. The molecule has 1 aliphatic carbocycles. The zero-order chi connectivity index (χ0) is 18.5. The number of fused-ring (bicyclic) bond motifs is 1. The number of β-amino-alcohol motifs (C(OH)–C–C–N with tert-alkyl or cyclic N) is 1. The summed E-state index contributed by atoms with van der Waals surface area (Å²) < 4.78 is 12.0. The van der Waals surface area contributed by atoms with Crippen molar-refractivity contribution >= 4 is 5.91 Å². The van der Waals surface area contributed by atoms with E-state index in [0.717, 1.165) is 25.3 Å². The largest absolute Gasteiger partial charge is 0.389 e. The molecule has 0 unspecified atom stereocenters. The Labute approximate surface area is 157 Å². The summed E-state index contributed by atoms with van der Waals surface area (Å²) in [4.78, 5) is 16.1. The number of carbonyl (C=O) groups is 1. The zero-order valence-electron chi connectivity index (χ0n) is 16.4. The van der Waals surface area contributed by atoms with Crippen LogP contribution in [0.1, 0.15) is 51.4 Å². The molecule has 4 atom stereocenters. The van der Waals surface area contributed by atoms with Gasteiger partial charge in [0, 0.05) is 33.2 Å². The van der Waals surface area contributed by atoms with E-state index in [1.807, 2.05) is 0 Å². The predicted octanol–water partition coefficient (Wildman–Crippen LogP) is 1.65. The smallest absolute Gasteiger partial charge is 0.224 e. The average Bonchev–Trinajstić information content (AvgIpc) is 2.61. The second-order valence-corrected chi connectivity index (χ2v) is 8.58. The van der Waals surface area contributed by atoms with Crippen LogP contribution in [0, 0.1) is 5.92 Å². The van der Waals surface area contributed by atoms with E-state index in [4.69, 9.17) is 9.47 Å². The number of hydrogen-bond donors (Lipinski definition) is 1. The molecular formula is C20H36N2O4. The molecule has 1 saturated carbocycles. The number of aliphatic hydroxyl groups is 1. The second kappa shape index (κ2) is 9.49. The molecule has 2 saturated heterocycles. The lowest BCUT2D eigenvalue weighted by Gasteiger charge is -2.45. The maximum absolute atomic E-state index is 12.0. The van der Waals surface area contributed by atoms with E-state index in [-0.39, 0.29) is 24.2 Å². The van der Waals surface area contributed by atoms with Crippen LogP contribution in [-0.4, -0.2) is 85.6 Å². The number of hydrogen-bond acceptors (Lipinski definition) is 5. The van der Waals surface area contributed by atoms with Crippen molar-refractivity contribution < 1.29 is 19.4 Å². The molecule has 0 spiro atoms. The van der Waals surface area contributed by atoms with E-state index >= 15 is 0 Å². The Bertz CT molecular complexity index is 453. The van der Waals surface area contributed by atoms with E-state index < -0.39 is 6.10 Å². The van der Waals surface area contributed by atoms with Crippen molar-refractivity contribution in [3.63, 3.8) is 0 Å². The molecule has 0 bridgehead atoms. The SMILES string of the molecule is CN(C)C(=O)C[C@@H]1CC[C@@H]2[C@H](COC[C@H](O)CN2CC2CCCCC2)O1. The fraction of sp³-hybridized carbons (Fsp3) is 0.950. The number of nitrogens with zero attached hydrogens (tertiary/aromatic N) is 2. The molecule has 3 rings (SSSR count). The molecule has 0 radical (unpaired) electrons. The predicted molar refractivity (Wildman–Crippen MR) is 100.0 cm³/mol. The quantitative estimate of drug-likeness (QED) is 0.818. The van der Waals surface area contributed by atoms with Gasteiger partial charge in [-0.25, -0.2) is 0 Å². The highest BCUT2D eigenvalue weighted by Crippen LogP contribution is 2.31. The highest BCUT2D eigenvalue weighted by Gasteiger charge is 2.38. The molecule has 2 heterocycles. The summed E-state index contributed by atoms with van der Waals surface area (Å²) in [5.41, 5.74) is 0. The van der Waals surface area contributed by atoms with E-state index in [0.29, 0.717) is 26.2 Å². The summed E-state index contributed by atoms with van der Waals surface area (Å²) in [6.07, 6.45) is 8.57. The number of ether oxygens (including phenoxy) is 2. The van der Waals surface area contributed by atoms with Crippen molar-refractivity contribution in [1.29, 1.82) is 0 Å². The number of amides is 1. The summed E-state index contributed by atoms with van der Waals surface area (Å²) in [5.74, 6) is 0.861. The normalized spacial score (nSPS) is 34.6. The Kier molecular flexibility index (Phi) is 7.32. The lowest BCUT2D eigenvalue weighted by molar-refractivity contribution is -0.160. The minimum Gasteiger partial charge on any atom is -0.389 e. The lowest BCUT2D eigenvalue weighted by atomic mass is 9.87. The van der Waals surface area contributed by atoms with Crippen LogP contribution in [0.5, 0.6) is 0 Å². The van der Waals surface area contributed by atoms with Crippen molar-refractivity contribution in [2.75, 3.05) is 40.4 Å². The fourth-order valence-electron chi connectivity index (χ4n) is 4.73. The Morgan fingerprint density at radius 1 is 1.12 bits per heavy atom. The van der Waals surface area contributed by atoms with Crippen molar-refractivity contribution in [1.82, 2.24) is 9.80 Å². The van der Waals surface area contributed by atoms with Gasteiger partial charge in [-0.15, -0.1) is 0 Å². The fourth-order valence-corrected chi connectivity index (χ4v) is 4.73. The third kappa shape index (κ3) is 5.41. The van der Waals surface area contributed by atoms with Gasteiger partial charge in [-0.3, -0.25) is 9.69 Å². The van der Waals surface area contributed by atoms with Crippen LogP contribution < -0.4 is 0 Å². The molecule has 6 heteroatoms. The van der Waals surface area contributed by atoms with Crippen LogP contribution >= 0.6 is 0 Å². The summed E-state index contributed by atoms with van der Waals surface area (Å²) >= 11 is 0. The van der Waals surface area contributed by atoms with Crippen LogP contribution in [0.3, 0.4) is 0 Å². The first kappa shape index (κ1) is 20.1. The van der Waals surface area contributed by atoms with E-state index in [1.54, 1.807) is 19.0 Å². The first-order chi connectivity index (χ1) is 12.5. The second-order valence-electron chi connectivity index (χ2n) is 8.58. The van der Waals surface area contributed by atoms with Crippen LogP contribution in [0.2, 0.25) is 0 Å². The van der Waals surface area contributed by atoms with Crippen LogP contribution in [0.15, 0.2) is 0 Å². The number of carbonyl (C=O) groups excluding carboxylic acids is 1. The Morgan fingerprint density at radius 2 is 1.88 bits per heavy atom. The van der Waals surface area contributed by atoms with Gasteiger partial charge in [0.1, 0.15) is 0 Å². The Balaban J connectivity index is 1.62. The Hall–Kier alpha value is -0.690. The minimum absolute atomic E-state index is 0.000183. The molecule has 0 aromatic heterocycles. The van der Waals surface area contributed by atoms with Gasteiger partial charge in [0.2, 0.25) is 5.91 Å². The highest BCUT2D eigenvalue weighted by molar-refractivity contribution is 5.76. The van der Waals surface area contributed by atoms with Gasteiger partial charge < -0.3 is 19.5 Å². The monoisotopic (exact) mass is 368 g/mol. The van der Waals surface area contributed by atoms with Crippen LogP contribution in [-0.2, 0) is 14.3 Å². The number of rotatable bonds is 4. The van der Waals surface area contributed by atoms with Gasteiger partial charge >= 0.3 is 0 Å². The zero-order valence-corrected chi connectivity index (χ0v) is 16.4. The van der Waals surface area contributed by atoms with Gasteiger partial charge in [0.05, 0.1) is 37.9 Å². The molecule has 3 fully saturated rings. The summed E-state index contributed by atoms with van der Waals surface area (Å²) in [6.45, 7) is 2.61. The first-order valence-electron chi connectivity index (χ1n) is 10.4. The van der Waals surface area contributed by atoms with Crippen LogP contribution in [0.4, 0.5) is 0 Å². The molecule has 2 aliphatic heterocycles. The summed E-state index contributed by atoms with van der Waals surface area (Å²) in [6, 6.07) is 0.289. The van der Waals surface area contributed by atoms with Gasteiger partial charge in [-0.2, -0.15) is 0 Å². The molecular weight excluding hydrogens is 332 g/mol.